The van der Waals surface area contributed by atoms with E-state index in [2.05, 4.69) is 5.16 Å². The van der Waals surface area contributed by atoms with Crippen LogP contribution in [0.4, 0.5) is 8.78 Å². The molecule has 0 aliphatic carbocycles. The largest absolute Gasteiger partial charge is 0.357 e. The second kappa shape index (κ2) is 6.79. The van der Waals surface area contributed by atoms with E-state index in [1.165, 1.54) is 6.07 Å². The minimum atomic E-state index is -4.21. The Kier molecular flexibility index (Phi) is 4.83. The van der Waals surface area contributed by atoms with Crippen LogP contribution in [0, 0.1) is 12.7 Å². The SMILES string of the molecule is Cc1ccc(-c2noc(CF)c2-c2ccc(S(N)(=O)=O)c(F)c2)cc1Cl. The van der Waals surface area contributed by atoms with Gasteiger partial charge in [0.05, 0.1) is 5.56 Å². The number of sulfonamides is 1. The lowest BCUT2D eigenvalue weighted by molar-refractivity contribution is 0.332. The number of benzene rings is 2. The fourth-order valence-corrected chi connectivity index (χ4v) is 3.31. The third-order valence-corrected chi connectivity index (χ3v) is 5.21. The molecule has 1 aromatic heterocycles. The molecule has 0 amide bonds. The van der Waals surface area contributed by atoms with Crippen LogP contribution in [-0.2, 0) is 16.7 Å². The fourth-order valence-electron chi connectivity index (χ4n) is 2.54. The third-order valence-electron chi connectivity index (χ3n) is 3.86. The van der Waals surface area contributed by atoms with E-state index in [-0.39, 0.29) is 22.6 Å². The van der Waals surface area contributed by atoms with Crippen molar-refractivity contribution in [3.63, 3.8) is 0 Å². The molecule has 26 heavy (non-hydrogen) atoms. The Morgan fingerprint density at radius 2 is 1.88 bits per heavy atom. The monoisotopic (exact) mass is 398 g/mol. The summed E-state index contributed by atoms with van der Waals surface area (Å²) in [5, 5.41) is 9.31. The Bertz CT molecular complexity index is 1100. The summed E-state index contributed by atoms with van der Waals surface area (Å²) in [5.74, 6) is -1.16. The van der Waals surface area contributed by atoms with Crippen molar-refractivity contribution in [2.24, 2.45) is 5.14 Å². The smallest absolute Gasteiger partial charge is 0.240 e. The molecular formula is C17H13ClF2N2O3S. The summed E-state index contributed by atoms with van der Waals surface area (Å²) in [4.78, 5) is -0.653. The van der Waals surface area contributed by atoms with E-state index in [9.17, 15) is 17.2 Å². The van der Waals surface area contributed by atoms with Crippen LogP contribution >= 0.6 is 11.6 Å². The van der Waals surface area contributed by atoms with E-state index in [0.717, 1.165) is 17.7 Å². The lowest BCUT2D eigenvalue weighted by Crippen LogP contribution is -2.14. The maximum absolute atomic E-state index is 14.2. The number of aromatic nitrogens is 1. The first-order valence-corrected chi connectivity index (χ1v) is 9.28. The zero-order chi connectivity index (χ0) is 19.1. The lowest BCUT2D eigenvalue weighted by Gasteiger charge is -2.07. The lowest BCUT2D eigenvalue weighted by atomic mass is 9.98. The fraction of sp³-hybridized carbons (Fsp3) is 0.118. The molecule has 0 aliphatic heterocycles. The molecule has 2 aromatic carbocycles. The van der Waals surface area contributed by atoms with Crippen molar-refractivity contribution >= 4 is 21.6 Å². The van der Waals surface area contributed by atoms with Gasteiger partial charge in [0, 0.05) is 10.6 Å². The normalized spacial score (nSPS) is 11.7. The highest BCUT2D eigenvalue weighted by molar-refractivity contribution is 7.89. The van der Waals surface area contributed by atoms with Gasteiger partial charge < -0.3 is 4.52 Å². The molecule has 0 saturated heterocycles. The Balaban J connectivity index is 2.20. The molecule has 0 atom stereocenters. The first kappa shape index (κ1) is 18.5. The van der Waals surface area contributed by atoms with Crippen LogP contribution in [0.1, 0.15) is 11.3 Å². The summed E-state index contributed by atoms with van der Waals surface area (Å²) >= 11 is 6.13. The molecule has 3 aromatic rings. The maximum atomic E-state index is 14.2. The molecule has 0 aliphatic rings. The van der Waals surface area contributed by atoms with Gasteiger partial charge in [-0.3, -0.25) is 0 Å². The van der Waals surface area contributed by atoms with Crippen molar-refractivity contribution in [1.29, 1.82) is 0 Å². The van der Waals surface area contributed by atoms with Crippen LogP contribution in [0.15, 0.2) is 45.8 Å². The Morgan fingerprint density at radius 1 is 1.19 bits per heavy atom. The first-order chi connectivity index (χ1) is 12.2. The number of primary sulfonamides is 1. The van der Waals surface area contributed by atoms with E-state index in [4.69, 9.17) is 21.3 Å². The average Bonchev–Trinajstić information content (AvgIpc) is 3.00. The van der Waals surface area contributed by atoms with Gasteiger partial charge in [-0.15, -0.1) is 0 Å². The van der Waals surface area contributed by atoms with Crippen molar-refractivity contribution < 1.29 is 21.7 Å². The van der Waals surface area contributed by atoms with Gasteiger partial charge in [-0.1, -0.05) is 35.0 Å². The minimum absolute atomic E-state index is 0.112. The minimum Gasteiger partial charge on any atom is -0.357 e. The number of nitrogens with zero attached hydrogens (tertiary/aromatic N) is 1. The van der Waals surface area contributed by atoms with Crippen molar-refractivity contribution in [3.05, 3.63) is 58.6 Å². The summed E-state index contributed by atoms with van der Waals surface area (Å²) in [6, 6.07) is 8.39. The summed E-state index contributed by atoms with van der Waals surface area (Å²) < 4.78 is 55.3. The number of hydrogen-bond acceptors (Lipinski definition) is 4. The van der Waals surface area contributed by atoms with E-state index in [0.29, 0.717) is 10.6 Å². The number of aryl methyl sites for hydroxylation is 1. The second-order valence-electron chi connectivity index (χ2n) is 5.62. The van der Waals surface area contributed by atoms with Gasteiger partial charge in [0.15, 0.2) is 12.4 Å². The zero-order valence-electron chi connectivity index (χ0n) is 13.5. The van der Waals surface area contributed by atoms with E-state index in [1.54, 1.807) is 18.2 Å². The van der Waals surface area contributed by atoms with Gasteiger partial charge >= 0.3 is 0 Å². The van der Waals surface area contributed by atoms with Crippen LogP contribution < -0.4 is 5.14 Å². The summed E-state index contributed by atoms with van der Waals surface area (Å²) in [6.07, 6.45) is 0. The van der Waals surface area contributed by atoms with Gasteiger partial charge in [0.1, 0.15) is 16.4 Å². The molecule has 0 saturated carbocycles. The van der Waals surface area contributed by atoms with E-state index in [1.807, 2.05) is 6.92 Å². The molecule has 0 fully saturated rings. The molecule has 0 unspecified atom stereocenters. The van der Waals surface area contributed by atoms with Crippen molar-refractivity contribution in [2.75, 3.05) is 0 Å². The van der Waals surface area contributed by atoms with Gasteiger partial charge in [-0.05, 0) is 36.2 Å². The average molecular weight is 399 g/mol. The Morgan fingerprint density at radius 3 is 2.46 bits per heavy atom. The van der Waals surface area contributed by atoms with Crippen molar-refractivity contribution in [3.8, 4) is 22.4 Å². The first-order valence-electron chi connectivity index (χ1n) is 7.36. The second-order valence-corrected chi connectivity index (χ2v) is 7.55. The van der Waals surface area contributed by atoms with Gasteiger partial charge in [-0.2, -0.15) is 0 Å². The molecular weight excluding hydrogens is 386 g/mol. The van der Waals surface area contributed by atoms with Gasteiger partial charge in [0.2, 0.25) is 10.0 Å². The van der Waals surface area contributed by atoms with Crippen molar-refractivity contribution in [1.82, 2.24) is 5.16 Å². The van der Waals surface area contributed by atoms with E-state index < -0.39 is 27.4 Å². The topological polar surface area (TPSA) is 86.2 Å². The van der Waals surface area contributed by atoms with Crippen LogP contribution in [0.2, 0.25) is 5.02 Å². The van der Waals surface area contributed by atoms with Crippen LogP contribution in [0.5, 0.6) is 0 Å². The summed E-state index contributed by atoms with van der Waals surface area (Å²) in [7, 11) is -4.21. The third kappa shape index (κ3) is 3.35. The number of alkyl halides is 1. The van der Waals surface area contributed by atoms with Crippen molar-refractivity contribution in [2.45, 2.75) is 18.5 Å². The quantitative estimate of drug-likeness (QED) is 0.712. The van der Waals surface area contributed by atoms with Crippen LogP contribution in [0.3, 0.4) is 0 Å². The highest BCUT2D eigenvalue weighted by atomic mass is 35.5. The number of hydrogen-bond donors (Lipinski definition) is 1. The molecule has 136 valence electrons. The molecule has 3 rings (SSSR count). The molecule has 0 spiro atoms. The number of rotatable bonds is 4. The number of halogens is 3. The summed E-state index contributed by atoms with van der Waals surface area (Å²) in [6.45, 7) is 0.852. The molecule has 1 heterocycles. The molecule has 0 radical (unpaired) electrons. The highest BCUT2D eigenvalue weighted by Crippen LogP contribution is 2.37. The maximum Gasteiger partial charge on any atom is 0.240 e. The van der Waals surface area contributed by atoms with Crippen LogP contribution in [-0.4, -0.2) is 13.6 Å². The molecule has 0 bridgehead atoms. The Labute approximate surface area is 153 Å². The standard InChI is InChI=1S/C17H13ClF2N2O3S/c1-9-2-3-11(6-12(9)18)17-16(14(8-19)25-22-17)10-4-5-15(13(20)7-10)26(21,23)24/h2-7H,8H2,1H3,(H2,21,23,24). The molecule has 9 heteroatoms. The molecule has 2 N–H and O–H groups in total. The highest BCUT2D eigenvalue weighted by Gasteiger charge is 2.22. The Hall–Kier alpha value is -2.29. The summed E-state index contributed by atoms with van der Waals surface area (Å²) in [5.41, 5.74) is 2.08. The molecule has 5 nitrogen and oxygen atoms in total. The van der Waals surface area contributed by atoms with E-state index >= 15 is 0 Å². The zero-order valence-corrected chi connectivity index (χ0v) is 15.0. The van der Waals surface area contributed by atoms with Crippen LogP contribution in [0.25, 0.3) is 22.4 Å². The van der Waals surface area contributed by atoms with Gasteiger partial charge in [-0.25, -0.2) is 22.3 Å². The van der Waals surface area contributed by atoms with Gasteiger partial charge in [0.25, 0.3) is 0 Å². The number of nitrogens with two attached hydrogens (primary N) is 1. The predicted octanol–water partition coefficient (Wildman–Crippen LogP) is 4.23. The predicted molar refractivity (Wildman–Crippen MR) is 93.3 cm³/mol.